The van der Waals surface area contributed by atoms with Crippen molar-refractivity contribution < 1.29 is 4.79 Å². The summed E-state index contributed by atoms with van der Waals surface area (Å²) in [4.78, 5) is 14.0. The normalized spacial score (nSPS) is 18.8. The van der Waals surface area contributed by atoms with Crippen molar-refractivity contribution in [3.63, 3.8) is 0 Å². The van der Waals surface area contributed by atoms with E-state index in [1.165, 1.54) is 16.9 Å². The second-order valence-electron chi connectivity index (χ2n) is 4.90. The van der Waals surface area contributed by atoms with Gasteiger partial charge < -0.3 is 10.6 Å². The zero-order valence-corrected chi connectivity index (χ0v) is 12.1. The quantitative estimate of drug-likeness (QED) is 0.939. The molecule has 1 aromatic heterocycles. The van der Waals surface area contributed by atoms with E-state index in [9.17, 15) is 4.79 Å². The van der Waals surface area contributed by atoms with Gasteiger partial charge in [0.25, 0.3) is 0 Å². The molecular weight excluding hydrogens is 272 g/mol. The van der Waals surface area contributed by atoms with Gasteiger partial charge in [0, 0.05) is 24.6 Å². The number of aryl methyl sites for hydroxylation is 1. The SMILES string of the molecule is CCc1ccc(N2CC(c3nnc(N)s3)CC2=O)cc1. The zero-order valence-electron chi connectivity index (χ0n) is 11.2. The van der Waals surface area contributed by atoms with Crippen molar-refractivity contribution in [3.05, 3.63) is 34.8 Å². The minimum Gasteiger partial charge on any atom is -0.374 e. The Morgan fingerprint density at radius 1 is 1.35 bits per heavy atom. The van der Waals surface area contributed by atoms with Crippen molar-refractivity contribution >= 4 is 28.1 Å². The molecule has 1 aliphatic heterocycles. The number of nitrogens with zero attached hydrogens (tertiary/aromatic N) is 3. The molecule has 1 fully saturated rings. The van der Waals surface area contributed by atoms with Crippen LogP contribution in [0.15, 0.2) is 24.3 Å². The van der Waals surface area contributed by atoms with Crippen LogP contribution in [0.3, 0.4) is 0 Å². The molecule has 1 aliphatic rings. The lowest BCUT2D eigenvalue weighted by Crippen LogP contribution is -2.24. The van der Waals surface area contributed by atoms with Crippen molar-refractivity contribution in [1.82, 2.24) is 10.2 Å². The van der Waals surface area contributed by atoms with Crippen LogP contribution >= 0.6 is 11.3 Å². The summed E-state index contributed by atoms with van der Waals surface area (Å²) in [6.45, 7) is 2.77. The van der Waals surface area contributed by atoms with Crippen LogP contribution in [0.1, 0.15) is 29.8 Å². The number of anilines is 2. The number of carbonyl (C=O) groups excluding carboxylic acids is 1. The van der Waals surface area contributed by atoms with E-state index in [2.05, 4.69) is 29.3 Å². The third-order valence-electron chi connectivity index (χ3n) is 3.59. The monoisotopic (exact) mass is 288 g/mol. The first-order valence-electron chi connectivity index (χ1n) is 6.65. The number of benzene rings is 1. The third kappa shape index (κ3) is 2.38. The van der Waals surface area contributed by atoms with Crippen LogP contribution in [0, 0.1) is 0 Å². The van der Waals surface area contributed by atoms with Crippen molar-refractivity contribution in [1.29, 1.82) is 0 Å². The lowest BCUT2D eigenvalue weighted by atomic mass is 10.1. The van der Waals surface area contributed by atoms with Gasteiger partial charge in [0.2, 0.25) is 11.0 Å². The summed E-state index contributed by atoms with van der Waals surface area (Å²) in [6.07, 6.45) is 1.48. The number of nitrogens with two attached hydrogens (primary N) is 1. The molecule has 104 valence electrons. The fourth-order valence-electron chi connectivity index (χ4n) is 2.45. The number of hydrogen-bond acceptors (Lipinski definition) is 5. The van der Waals surface area contributed by atoms with Gasteiger partial charge in [0.15, 0.2) is 0 Å². The first-order valence-corrected chi connectivity index (χ1v) is 7.47. The topological polar surface area (TPSA) is 72.1 Å². The smallest absolute Gasteiger partial charge is 0.227 e. The highest BCUT2D eigenvalue weighted by Gasteiger charge is 2.33. The van der Waals surface area contributed by atoms with E-state index in [0.29, 0.717) is 18.1 Å². The molecule has 1 saturated heterocycles. The molecule has 2 heterocycles. The lowest BCUT2D eigenvalue weighted by molar-refractivity contribution is -0.117. The number of aromatic nitrogens is 2. The molecule has 2 aromatic rings. The Morgan fingerprint density at radius 3 is 2.70 bits per heavy atom. The molecule has 2 N–H and O–H groups in total. The van der Waals surface area contributed by atoms with Crippen LogP contribution in [-0.4, -0.2) is 22.6 Å². The molecule has 0 radical (unpaired) electrons. The van der Waals surface area contributed by atoms with E-state index < -0.39 is 0 Å². The fraction of sp³-hybridized carbons (Fsp3) is 0.357. The number of carbonyl (C=O) groups is 1. The fourth-order valence-corrected chi connectivity index (χ4v) is 3.15. The van der Waals surface area contributed by atoms with Gasteiger partial charge in [-0.1, -0.05) is 30.4 Å². The molecule has 6 heteroatoms. The highest BCUT2D eigenvalue weighted by atomic mass is 32.1. The molecule has 20 heavy (non-hydrogen) atoms. The molecule has 0 spiro atoms. The van der Waals surface area contributed by atoms with E-state index in [-0.39, 0.29) is 11.8 Å². The Kier molecular flexibility index (Phi) is 3.40. The lowest BCUT2D eigenvalue weighted by Gasteiger charge is -2.16. The average molecular weight is 288 g/mol. The molecule has 0 bridgehead atoms. The Balaban J connectivity index is 1.79. The van der Waals surface area contributed by atoms with Crippen LogP contribution in [0.5, 0.6) is 0 Å². The predicted molar refractivity (Wildman–Crippen MR) is 79.9 cm³/mol. The van der Waals surface area contributed by atoms with Gasteiger partial charge in [-0.15, -0.1) is 10.2 Å². The predicted octanol–water partition coefficient (Wildman–Crippen LogP) is 2.20. The highest BCUT2D eigenvalue weighted by molar-refractivity contribution is 7.15. The van der Waals surface area contributed by atoms with Crippen LogP contribution in [0.4, 0.5) is 10.8 Å². The standard InChI is InChI=1S/C14H16N4OS/c1-2-9-3-5-11(6-4-9)18-8-10(7-12(18)19)13-16-17-14(15)20-13/h3-6,10H,2,7-8H2,1H3,(H2,15,17). The molecule has 1 aromatic carbocycles. The van der Waals surface area contributed by atoms with Gasteiger partial charge >= 0.3 is 0 Å². The first kappa shape index (κ1) is 13.1. The van der Waals surface area contributed by atoms with E-state index in [1.54, 1.807) is 0 Å². The van der Waals surface area contributed by atoms with Gasteiger partial charge in [0.1, 0.15) is 5.01 Å². The van der Waals surface area contributed by atoms with Crippen LogP contribution in [-0.2, 0) is 11.2 Å². The van der Waals surface area contributed by atoms with Crippen LogP contribution < -0.4 is 10.6 Å². The highest BCUT2D eigenvalue weighted by Crippen LogP contribution is 2.33. The van der Waals surface area contributed by atoms with Gasteiger partial charge in [0.05, 0.1) is 0 Å². The summed E-state index contributed by atoms with van der Waals surface area (Å²) in [5.41, 5.74) is 7.83. The van der Waals surface area contributed by atoms with Crippen LogP contribution in [0.2, 0.25) is 0 Å². The minimum absolute atomic E-state index is 0.100. The molecule has 1 atom stereocenters. The number of hydrogen-bond donors (Lipinski definition) is 1. The summed E-state index contributed by atoms with van der Waals surface area (Å²) >= 11 is 1.37. The van der Waals surface area contributed by atoms with E-state index in [0.717, 1.165) is 17.1 Å². The summed E-state index contributed by atoms with van der Waals surface area (Å²) in [7, 11) is 0. The summed E-state index contributed by atoms with van der Waals surface area (Å²) in [5.74, 6) is 0.233. The van der Waals surface area contributed by atoms with Crippen molar-refractivity contribution in [2.75, 3.05) is 17.2 Å². The minimum atomic E-state index is 0.100. The second-order valence-corrected chi connectivity index (χ2v) is 5.94. The molecule has 5 nitrogen and oxygen atoms in total. The van der Waals surface area contributed by atoms with Crippen molar-refractivity contribution in [3.8, 4) is 0 Å². The number of amides is 1. The summed E-state index contributed by atoms with van der Waals surface area (Å²) in [6, 6.07) is 8.15. The maximum atomic E-state index is 12.2. The Bertz CT molecular complexity index is 622. The van der Waals surface area contributed by atoms with Crippen molar-refractivity contribution in [2.24, 2.45) is 0 Å². The molecule has 1 unspecified atom stereocenters. The Labute approximate surface area is 121 Å². The Hall–Kier alpha value is -1.95. The van der Waals surface area contributed by atoms with Gasteiger partial charge in [-0.05, 0) is 24.1 Å². The van der Waals surface area contributed by atoms with Crippen LogP contribution in [0.25, 0.3) is 0 Å². The maximum Gasteiger partial charge on any atom is 0.227 e. The zero-order chi connectivity index (χ0) is 14.1. The van der Waals surface area contributed by atoms with Gasteiger partial charge in [-0.3, -0.25) is 4.79 Å². The Morgan fingerprint density at radius 2 is 2.10 bits per heavy atom. The largest absolute Gasteiger partial charge is 0.374 e. The van der Waals surface area contributed by atoms with E-state index >= 15 is 0 Å². The maximum absolute atomic E-state index is 12.2. The molecular formula is C14H16N4OS. The molecule has 3 rings (SSSR count). The van der Waals surface area contributed by atoms with Gasteiger partial charge in [-0.2, -0.15) is 0 Å². The summed E-state index contributed by atoms with van der Waals surface area (Å²) < 4.78 is 0. The first-order chi connectivity index (χ1) is 9.67. The molecule has 0 aliphatic carbocycles. The van der Waals surface area contributed by atoms with E-state index in [1.807, 2.05) is 17.0 Å². The van der Waals surface area contributed by atoms with Gasteiger partial charge in [-0.25, -0.2) is 0 Å². The number of rotatable bonds is 3. The van der Waals surface area contributed by atoms with E-state index in [4.69, 9.17) is 5.73 Å². The molecule has 0 saturated carbocycles. The molecule has 1 amide bonds. The number of nitrogen functional groups attached to an aromatic ring is 1. The third-order valence-corrected chi connectivity index (χ3v) is 4.50. The average Bonchev–Trinajstić information content (AvgIpc) is 3.05. The summed E-state index contributed by atoms with van der Waals surface area (Å²) in [5, 5.41) is 9.18. The second kappa shape index (κ2) is 5.20. The van der Waals surface area contributed by atoms with Crippen molar-refractivity contribution in [2.45, 2.75) is 25.7 Å².